The van der Waals surface area contributed by atoms with Crippen LogP contribution in [-0.2, 0) is 13.5 Å². The number of nitrogens with zero attached hydrogens (tertiary/aromatic N) is 1. The maximum Gasteiger partial charge on any atom is 0.255 e. The first-order valence-electron chi connectivity index (χ1n) is 8.44. The van der Waals surface area contributed by atoms with Crippen molar-refractivity contribution < 1.29 is 9.18 Å². The number of fused-ring (bicyclic) bond motifs is 1. The molecule has 2 N–H and O–H groups in total. The molecule has 2 aromatic rings. The van der Waals surface area contributed by atoms with Crippen LogP contribution < -0.4 is 16.2 Å². The third-order valence-corrected chi connectivity index (χ3v) is 4.22. The number of hydrogen-bond donors (Lipinski definition) is 2. The summed E-state index contributed by atoms with van der Waals surface area (Å²) < 4.78 is 15.5. The van der Waals surface area contributed by atoms with E-state index < -0.39 is 5.82 Å². The summed E-state index contributed by atoms with van der Waals surface area (Å²) in [6.45, 7) is 8.01. The van der Waals surface area contributed by atoms with Gasteiger partial charge in [0.1, 0.15) is 11.6 Å². The van der Waals surface area contributed by atoms with Gasteiger partial charge in [0, 0.05) is 19.2 Å². The first-order chi connectivity index (χ1) is 11.9. The summed E-state index contributed by atoms with van der Waals surface area (Å²) in [5, 5.41) is 5.70. The zero-order valence-corrected chi connectivity index (χ0v) is 15.3. The number of carbonyl (C=O) groups excluding carboxylic acids is 1. The number of amides is 1. The van der Waals surface area contributed by atoms with Crippen LogP contribution in [-0.4, -0.2) is 17.0 Å². The van der Waals surface area contributed by atoms with Crippen LogP contribution in [0, 0.1) is 19.7 Å². The summed E-state index contributed by atoms with van der Waals surface area (Å²) in [5.74, 6) is -0.362. The molecule has 0 aliphatic carbocycles. The molecule has 0 fully saturated rings. The van der Waals surface area contributed by atoms with Crippen molar-refractivity contribution in [3.05, 3.63) is 56.6 Å². The number of anilines is 2. The fourth-order valence-corrected chi connectivity index (χ4v) is 2.92. The van der Waals surface area contributed by atoms with E-state index in [1.807, 2.05) is 13.8 Å². The van der Waals surface area contributed by atoms with Gasteiger partial charge in [-0.1, -0.05) is 19.9 Å². The second kappa shape index (κ2) is 7.51. The Morgan fingerprint density at radius 2 is 1.88 bits per heavy atom. The summed E-state index contributed by atoms with van der Waals surface area (Å²) in [6, 6.07) is 4.77. The molecule has 1 aliphatic heterocycles. The largest absolute Gasteiger partial charge is 0.352 e. The molecule has 0 saturated carbocycles. The highest BCUT2D eigenvalue weighted by Gasteiger charge is 2.26. The Morgan fingerprint density at radius 1 is 1.20 bits per heavy atom. The molecule has 0 bridgehead atoms. The first-order valence-corrected chi connectivity index (χ1v) is 8.44. The number of aryl methyl sites for hydroxylation is 1. The third-order valence-electron chi connectivity index (χ3n) is 4.22. The van der Waals surface area contributed by atoms with Crippen LogP contribution in [0.2, 0.25) is 0 Å². The van der Waals surface area contributed by atoms with Crippen molar-refractivity contribution in [3.63, 3.8) is 0 Å². The Kier molecular flexibility index (Phi) is 5.62. The van der Waals surface area contributed by atoms with Crippen molar-refractivity contribution in [1.29, 1.82) is 0 Å². The predicted octanol–water partition coefficient (Wildman–Crippen LogP) is 3.20. The molecule has 0 unspecified atom stereocenters. The normalized spacial score (nSPS) is 12.6. The average Bonchev–Trinajstić information content (AvgIpc) is 2.60. The van der Waals surface area contributed by atoms with Gasteiger partial charge in [0.2, 0.25) is 0 Å². The van der Waals surface area contributed by atoms with Crippen LogP contribution >= 0.6 is 0 Å². The lowest BCUT2D eigenvalue weighted by molar-refractivity contribution is 0.0946. The molecule has 0 atom stereocenters. The van der Waals surface area contributed by atoms with Gasteiger partial charge in [0.05, 0.1) is 11.3 Å². The Hall–Kier alpha value is -2.63. The smallest absolute Gasteiger partial charge is 0.255 e. The number of nitrogens with one attached hydrogen (secondary N) is 2. The van der Waals surface area contributed by atoms with Crippen LogP contribution in [0.5, 0.6) is 0 Å². The maximum absolute atomic E-state index is 14.1. The highest BCUT2D eigenvalue weighted by Crippen LogP contribution is 2.27. The second-order valence-corrected chi connectivity index (χ2v) is 5.81. The van der Waals surface area contributed by atoms with E-state index in [2.05, 4.69) is 10.6 Å². The summed E-state index contributed by atoms with van der Waals surface area (Å²) in [6.07, 6.45) is 0.591. The van der Waals surface area contributed by atoms with Crippen molar-refractivity contribution in [1.82, 2.24) is 9.88 Å². The minimum Gasteiger partial charge on any atom is -0.352 e. The minimum absolute atomic E-state index is 0.187. The van der Waals surface area contributed by atoms with Gasteiger partial charge in [-0.05, 0) is 43.5 Å². The number of hydrogen-bond acceptors (Lipinski definition) is 3. The van der Waals surface area contributed by atoms with Crippen molar-refractivity contribution in [2.24, 2.45) is 7.05 Å². The molecule has 1 aliphatic rings. The summed E-state index contributed by atoms with van der Waals surface area (Å²) in [5.41, 5.74) is 2.55. The van der Waals surface area contributed by atoms with E-state index in [0.29, 0.717) is 29.9 Å². The molecule has 3 rings (SSSR count). The molecule has 1 aromatic carbocycles. The lowest BCUT2D eigenvalue weighted by Crippen LogP contribution is -2.37. The van der Waals surface area contributed by atoms with Crippen LogP contribution in [0.15, 0.2) is 23.0 Å². The molecule has 1 amide bonds. The number of aromatic nitrogens is 1. The van der Waals surface area contributed by atoms with Gasteiger partial charge in [-0.25, -0.2) is 4.39 Å². The first kappa shape index (κ1) is 18.7. The molecule has 0 saturated heterocycles. The molecule has 1 aromatic heterocycles. The van der Waals surface area contributed by atoms with E-state index in [1.165, 1.54) is 10.6 Å². The van der Waals surface area contributed by atoms with Crippen LogP contribution in [0.3, 0.4) is 0 Å². The van der Waals surface area contributed by atoms with E-state index in [1.54, 1.807) is 33.0 Å². The monoisotopic (exact) mass is 345 g/mol. The summed E-state index contributed by atoms with van der Waals surface area (Å²) in [7, 11) is 1.58. The number of benzene rings is 1. The molecule has 6 heteroatoms. The molecular weight excluding hydrogens is 321 g/mol. The van der Waals surface area contributed by atoms with Crippen molar-refractivity contribution in [3.8, 4) is 0 Å². The van der Waals surface area contributed by atoms with Gasteiger partial charge in [0.25, 0.3) is 11.5 Å². The van der Waals surface area contributed by atoms with E-state index in [0.717, 1.165) is 11.1 Å². The minimum atomic E-state index is -0.428. The summed E-state index contributed by atoms with van der Waals surface area (Å²) >= 11 is 0. The van der Waals surface area contributed by atoms with Crippen LogP contribution in [0.1, 0.15) is 40.9 Å². The maximum atomic E-state index is 14.1. The van der Waals surface area contributed by atoms with Crippen LogP contribution in [0.25, 0.3) is 0 Å². The van der Waals surface area contributed by atoms with Crippen molar-refractivity contribution in [2.45, 2.75) is 34.1 Å². The van der Waals surface area contributed by atoms with E-state index >= 15 is 0 Å². The zero-order valence-electron chi connectivity index (χ0n) is 15.3. The van der Waals surface area contributed by atoms with Crippen LogP contribution in [0.4, 0.5) is 15.9 Å². The molecule has 0 radical (unpaired) electrons. The Labute approximate surface area is 146 Å². The quantitative estimate of drug-likeness (QED) is 0.879. The summed E-state index contributed by atoms with van der Waals surface area (Å²) in [4.78, 5) is 24.7. The van der Waals surface area contributed by atoms with E-state index in [9.17, 15) is 14.0 Å². The number of halogens is 1. The van der Waals surface area contributed by atoms with Gasteiger partial charge < -0.3 is 10.6 Å². The standard InChI is InChI=1S/C17H18FN3O2.C2H6/c1-9-4-5-13(12(18)8-9)20-15-14-11(6-7-19-16(14)22)10(2)17(23)21(15)3;1-2/h4-5,8,20H,6-7H2,1-3H3,(H,19,22);1-2H3. The molecular formula is C19H24FN3O2. The topological polar surface area (TPSA) is 63.1 Å². The fourth-order valence-electron chi connectivity index (χ4n) is 2.92. The number of pyridine rings is 1. The molecule has 0 spiro atoms. The van der Waals surface area contributed by atoms with E-state index in [4.69, 9.17) is 0 Å². The van der Waals surface area contributed by atoms with E-state index in [-0.39, 0.29) is 17.2 Å². The van der Waals surface area contributed by atoms with Gasteiger partial charge in [-0.2, -0.15) is 0 Å². The zero-order chi connectivity index (χ0) is 18.7. The predicted molar refractivity (Wildman–Crippen MR) is 98.2 cm³/mol. The SMILES string of the molecule is CC.Cc1ccc(Nc2c3c(c(C)c(=O)n2C)CCNC3=O)c(F)c1. The molecule has 134 valence electrons. The van der Waals surface area contributed by atoms with Gasteiger partial charge in [-0.15, -0.1) is 0 Å². The fraction of sp³-hybridized carbons (Fsp3) is 0.368. The molecule has 2 heterocycles. The Balaban J connectivity index is 0.00000109. The molecule has 25 heavy (non-hydrogen) atoms. The average molecular weight is 345 g/mol. The lowest BCUT2D eigenvalue weighted by Gasteiger charge is -2.24. The highest BCUT2D eigenvalue weighted by molar-refractivity contribution is 6.02. The molecule has 5 nitrogen and oxygen atoms in total. The highest BCUT2D eigenvalue weighted by atomic mass is 19.1. The van der Waals surface area contributed by atoms with Crippen molar-refractivity contribution in [2.75, 3.05) is 11.9 Å². The van der Waals surface area contributed by atoms with Crippen molar-refractivity contribution >= 4 is 17.4 Å². The van der Waals surface area contributed by atoms with Gasteiger partial charge >= 0.3 is 0 Å². The van der Waals surface area contributed by atoms with Gasteiger partial charge in [0.15, 0.2) is 0 Å². The Morgan fingerprint density at radius 3 is 2.52 bits per heavy atom. The second-order valence-electron chi connectivity index (χ2n) is 5.81. The lowest BCUT2D eigenvalue weighted by atomic mass is 9.96. The number of rotatable bonds is 2. The Bertz CT molecular complexity index is 872. The number of carbonyl (C=O) groups is 1. The van der Waals surface area contributed by atoms with Gasteiger partial charge in [-0.3, -0.25) is 14.2 Å². The third kappa shape index (κ3) is 3.43.